The SMILES string of the molecule is C[C@H](NC(=O)CN(Cc1ccccc1)NC(=O)OC(C)(C)C)C(=O)O. The number of hydrogen-bond donors (Lipinski definition) is 3. The molecule has 138 valence electrons. The number of nitrogens with zero attached hydrogens (tertiary/aromatic N) is 1. The first-order chi connectivity index (χ1) is 11.6. The topological polar surface area (TPSA) is 108 Å². The molecule has 3 N–H and O–H groups in total. The van der Waals surface area contributed by atoms with Gasteiger partial charge in [-0.2, -0.15) is 0 Å². The minimum atomic E-state index is -1.14. The summed E-state index contributed by atoms with van der Waals surface area (Å²) in [6.45, 7) is 6.60. The number of hydrazine groups is 1. The fourth-order valence-electron chi connectivity index (χ4n) is 1.89. The lowest BCUT2D eigenvalue weighted by Crippen LogP contribution is -2.50. The minimum Gasteiger partial charge on any atom is -0.480 e. The molecule has 1 rings (SSSR count). The van der Waals surface area contributed by atoms with Gasteiger partial charge in [-0.25, -0.2) is 9.80 Å². The highest BCUT2D eigenvalue weighted by Gasteiger charge is 2.21. The number of benzene rings is 1. The maximum atomic E-state index is 12.0. The molecule has 0 bridgehead atoms. The number of carboxylic acid groups (broad SMARTS) is 1. The van der Waals surface area contributed by atoms with E-state index in [0.717, 1.165) is 5.56 Å². The summed E-state index contributed by atoms with van der Waals surface area (Å²) in [6, 6.07) is 8.22. The molecule has 2 amide bonds. The van der Waals surface area contributed by atoms with Crippen molar-refractivity contribution in [2.45, 2.75) is 45.9 Å². The summed E-state index contributed by atoms with van der Waals surface area (Å²) in [4.78, 5) is 34.8. The first-order valence-corrected chi connectivity index (χ1v) is 7.87. The van der Waals surface area contributed by atoms with Gasteiger partial charge in [-0.05, 0) is 33.3 Å². The normalized spacial score (nSPS) is 12.4. The molecule has 1 aromatic rings. The molecule has 0 unspecified atom stereocenters. The second-order valence-electron chi connectivity index (χ2n) is 6.58. The number of ether oxygens (including phenoxy) is 1. The lowest BCUT2D eigenvalue weighted by Gasteiger charge is -2.26. The van der Waals surface area contributed by atoms with Crippen LogP contribution in [0.1, 0.15) is 33.3 Å². The summed E-state index contributed by atoms with van der Waals surface area (Å²) in [6.07, 6.45) is -0.692. The van der Waals surface area contributed by atoms with E-state index in [2.05, 4.69) is 10.7 Å². The summed E-state index contributed by atoms with van der Waals surface area (Å²) < 4.78 is 5.19. The second kappa shape index (κ2) is 9.03. The fourth-order valence-corrected chi connectivity index (χ4v) is 1.89. The summed E-state index contributed by atoms with van der Waals surface area (Å²) in [5.74, 6) is -1.66. The molecular weight excluding hydrogens is 326 g/mol. The van der Waals surface area contributed by atoms with Crippen molar-refractivity contribution in [1.29, 1.82) is 0 Å². The van der Waals surface area contributed by atoms with E-state index in [-0.39, 0.29) is 13.1 Å². The maximum absolute atomic E-state index is 12.0. The molecule has 0 saturated heterocycles. The summed E-state index contributed by atoms with van der Waals surface area (Å²) in [5, 5.41) is 12.6. The van der Waals surface area contributed by atoms with Gasteiger partial charge in [0.1, 0.15) is 11.6 Å². The zero-order chi connectivity index (χ0) is 19.0. The van der Waals surface area contributed by atoms with E-state index >= 15 is 0 Å². The number of aliphatic carboxylic acids is 1. The average Bonchev–Trinajstić information content (AvgIpc) is 2.45. The van der Waals surface area contributed by atoms with E-state index in [1.54, 1.807) is 20.8 Å². The Morgan fingerprint density at radius 2 is 1.80 bits per heavy atom. The molecule has 25 heavy (non-hydrogen) atoms. The van der Waals surface area contributed by atoms with Crippen molar-refractivity contribution in [1.82, 2.24) is 15.8 Å². The second-order valence-corrected chi connectivity index (χ2v) is 6.58. The largest absolute Gasteiger partial charge is 0.480 e. The van der Waals surface area contributed by atoms with Crippen molar-refractivity contribution in [2.24, 2.45) is 0 Å². The van der Waals surface area contributed by atoms with Gasteiger partial charge in [-0.15, -0.1) is 0 Å². The lowest BCUT2D eigenvalue weighted by molar-refractivity contribution is -0.141. The molecule has 0 aliphatic rings. The van der Waals surface area contributed by atoms with Crippen LogP contribution in [0.4, 0.5) is 4.79 Å². The van der Waals surface area contributed by atoms with Crippen LogP contribution in [0, 0.1) is 0 Å². The molecule has 0 aliphatic heterocycles. The Labute approximate surface area is 147 Å². The van der Waals surface area contributed by atoms with Crippen LogP contribution in [-0.4, -0.2) is 46.3 Å². The van der Waals surface area contributed by atoms with Crippen molar-refractivity contribution in [3.8, 4) is 0 Å². The van der Waals surface area contributed by atoms with E-state index < -0.39 is 29.6 Å². The van der Waals surface area contributed by atoms with Crippen molar-refractivity contribution in [3.05, 3.63) is 35.9 Å². The van der Waals surface area contributed by atoms with Crippen molar-refractivity contribution in [3.63, 3.8) is 0 Å². The number of carbonyl (C=O) groups excluding carboxylic acids is 2. The molecule has 0 fully saturated rings. The molecule has 0 heterocycles. The van der Waals surface area contributed by atoms with E-state index in [1.807, 2.05) is 30.3 Å². The first-order valence-electron chi connectivity index (χ1n) is 7.87. The van der Waals surface area contributed by atoms with Gasteiger partial charge >= 0.3 is 12.1 Å². The van der Waals surface area contributed by atoms with Crippen molar-refractivity contribution >= 4 is 18.0 Å². The van der Waals surface area contributed by atoms with Crippen LogP contribution >= 0.6 is 0 Å². The number of hydrogen-bond acceptors (Lipinski definition) is 5. The summed E-state index contributed by atoms with van der Waals surface area (Å²) in [5.41, 5.74) is 2.71. The summed E-state index contributed by atoms with van der Waals surface area (Å²) in [7, 11) is 0. The van der Waals surface area contributed by atoms with E-state index in [4.69, 9.17) is 9.84 Å². The molecule has 1 aromatic carbocycles. The van der Waals surface area contributed by atoms with E-state index in [1.165, 1.54) is 11.9 Å². The van der Waals surface area contributed by atoms with Gasteiger partial charge in [0.2, 0.25) is 5.91 Å². The van der Waals surface area contributed by atoms with Gasteiger partial charge in [-0.1, -0.05) is 30.3 Å². The molecule has 0 spiro atoms. The molecule has 8 nitrogen and oxygen atoms in total. The lowest BCUT2D eigenvalue weighted by atomic mass is 10.2. The Bertz CT molecular complexity index is 598. The van der Waals surface area contributed by atoms with Crippen LogP contribution in [0.5, 0.6) is 0 Å². The van der Waals surface area contributed by atoms with Crippen LogP contribution in [0.3, 0.4) is 0 Å². The maximum Gasteiger partial charge on any atom is 0.422 e. The number of nitrogens with one attached hydrogen (secondary N) is 2. The van der Waals surface area contributed by atoms with Crippen LogP contribution in [0.2, 0.25) is 0 Å². The van der Waals surface area contributed by atoms with Crippen LogP contribution in [0.25, 0.3) is 0 Å². The number of amides is 2. The number of carbonyl (C=O) groups is 3. The highest BCUT2D eigenvalue weighted by Crippen LogP contribution is 2.08. The fraction of sp³-hybridized carbons (Fsp3) is 0.471. The predicted octanol–water partition coefficient (Wildman–Crippen LogP) is 1.52. The van der Waals surface area contributed by atoms with E-state index in [9.17, 15) is 14.4 Å². The smallest absolute Gasteiger partial charge is 0.422 e. The van der Waals surface area contributed by atoms with Crippen LogP contribution in [-0.2, 0) is 20.9 Å². The van der Waals surface area contributed by atoms with Crippen LogP contribution in [0.15, 0.2) is 30.3 Å². The average molecular weight is 351 g/mol. The molecule has 1 atom stereocenters. The molecule has 0 saturated carbocycles. The Kier molecular flexibility index (Phi) is 7.38. The third-order valence-corrected chi connectivity index (χ3v) is 2.95. The Morgan fingerprint density at radius 1 is 1.20 bits per heavy atom. The van der Waals surface area contributed by atoms with Crippen molar-refractivity contribution < 1.29 is 24.2 Å². The number of carboxylic acids is 1. The van der Waals surface area contributed by atoms with Gasteiger partial charge in [-0.3, -0.25) is 15.0 Å². The third-order valence-electron chi connectivity index (χ3n) is 2.95. The van der Waals surface area contributed by atoms with Gasteiger partial charge in [0.25, 0.3) is 0 Å². The van der Waals surface area contributed by atoms with Gasteiger partial charge in [0.05, 0.1) is 6.54 Å². The molecular formula is C17H25N3O5. The zero-order valence-corrected chi connectivity index (χ0v) is 14.9. The Balaban J connectivity index is 2.75. The standard InChI is InChI=1S/C17H25N3O5/c1-12(15(22)23)18-14(21)11-20(10-13-8-6-5-7-9-13)19-16(24)25-17(2,3)4/h5-9,12H,10-11H2,1-4H3,(H,18,21)(H,19,24)(H,22,23)/t12-/m0/s1. The molecule has 0 aliphatic carbocycles. The quantitative estimate of drug-likeness (QED) is 0.643. The summed E-state index contributed by atoms with van der Waals surface area (Å²) >= 11 is 0. The van der Waals surface area contributed by atoms with Crippen molar-refractivity contribution in [2.75, 3.05) is 6.54 Å². The van der Waals surface area contributed by atoms with Crippen LogP contribution < -0.4 is 10.7 Å². The highest BCUT2D eigenvalue weighted by molar-refractivity contribution is 5.84. The van der Waals surface area contributed by atoms with Gasteiger partial charge in [0.15, 0.2) is 0 Å². The zero-order valence-electron chi connectivity index (χ0n) is 14.9. The number of rotatable bonds is 7. The molecule has 0 aromatic heterocycles. The first kappa shape index (κ1) is 20.4. The minimum absolute atomic E-state index is 0.217. The Morgan fingerprint density at radius 3 is 2.32 bits per heavy atom. The monoisotopic (exact) mass is 351 g/mol. The highest BCUT2D eigenvalue weighted by atomic mass is 16.6. The predicted molar refractivity (Wildman–Crippen MR) is 91.5 cm³/mol. The van der Waals surface area contributed by atoms with Gasteiger partial charge < -0.3 is 15.2 Å². The van der Waals surface area contributed by atoms with E-state index in [0.29, 0.717) is 0 Å². The molecule has 8 heteroatoms. The van der Waals surface area contributed by atoms with Gasteiger partial charge in [0, 0.05) is 6.54 Å². The Hall–Kier alpha value is -2.61. The molecule has 0 radical (unpaired) electrons. The third kappa shape index (κ3) is 8.71.